The highest BCUT2D eigenvalue weighted by Crippen LogP contribution is 2.25. The van der Waals surface area contributed by atoms with Crippen molar-refractivity contribution in [3.63, 3.8) is 0 Å². The van der Waals surface area contributed by atoms with E-state index in [1.54, 1.807) is 24.7 Å². The fourth-order valence-electron chi connectivity index (χ4n) is 2.45. The standard InChI is InChI=1S/C18H21N7O/c1-13(26)14-3-5-15(6-4-14)24-18-16(19)17(22-11-23-18)21-7-2-9-25-10-8-20-12-25/h3-6,8,10-12H,2,7,9,19H2,1H3,(H2,21,22,23,24). The molecule has 26 heavy (non-hydrogen) atoms. The van der Waals surface area contributed by atoms with E-state index >= 15 is 0 Å². The maximum absolute atomic E-state index is 11.3. The molecule has 3 aromatic rings. The summed E-state index contributed by atoms with van der Waals surface area (Å²) in [5, 5.41) is 6.38. The van der Waals surface area contributed by atoms with E-state index in [2.05, 4.69) is 25.6 Å². The van der Waals surface area contributed by atoms with Crippen molar-refractivity contribution in [3.05, 3.63) is 54.9 Å². The third-order valence-electron chi connectivity index (χ3n) is 3.88. The molecule has 2 heterocycles. The van der Waals surface area contributed by atoms with E-state index in [1.165, 1.54) is 13.3 Å². The highest BCUT2D eigenvalue weighted by Gasteiger charge is 2.08. The van der Waals surface area contributed by atoms with Gasteiger partial charge >= 0.3 is 0 Å². The molecule has 0 saturated heterocycles. The third kappa shape index (κ3) is 4.35. The Kier molecular flexibility index (Phi) is 5.43. The quantitative estimate of drug-likeness (QED) is 0.423. The van der Waals surface area contributed by atoms with Crippen LogP contribution in [0.25, 0.3) is 0 Å². The summed E-state index contributed by atoms with van der Waals surface area (Å²) in [6.07, 6.45) is 7.85. The summed E-state index contributed by atoms with van der Waals surface area (Å²) in [6, 6.07) is 7.15. The van der Waals surface area contributed by atoms with Crippen LogP contribution in [0.4, 0.5) is 23.0 Å². The number of nitrogens with two attached hydrogens (primary N) is 1. The molecule has 4 N–H and O–H groups in total. The van der Waals surface area contributed by atoms with E-state index in [-0.39, 0.29) is 5.78 Å². The van der Waals surface area contributed by atoms with Crippen LogP contribution in [-0.4, -0.2) is 31.8 Å². The Bertz CT molecular complexity index is 860. The molecular weight excluding hydrogens is 330 g/mol. The topological polar surface area (TPSA) is 111 Å². The van der Waals surface area contributed by atoms with Crippen molar-refractivity contribution in [1.29, 1.82) is 0 Å². The zero-order valence-electron chi connectivity index (χ0n) is 14.5. The molecule has 0 radical (unpaired) electrons. The van der Waals surface area contributed by atoms with Gasteiger partial charge in [0.25, 0.3) is 0 Å². The Hall–Kier alpha value is -3.42. The number of carbonyl (C=O) groups excluding carboxylic acids is 1. The number of hydrogen-bond acceptors (Lipinski definition) is 7. The van der Waals surface area contributed by atoms with E-state index in [1.807, 2.05) is 22.9 Å². The second-order valence-electron chi connectivity index (χ2n) is 5.82. The fraction of sp³-hybridized carbons (Fsp3) is 0.222. The summed E-state index contributed by atoms with van der Waals surface area (Å²) < 4.78 is 2.02. The summed E-state index contributed by atoms with van der Waals surface area (Å²) in [7, 11) is 0. The highest BCUT2D eigenvalue weighted by molar-refractivity contribution is 5.94. The van der Waals surface area contributed by atoms with Gasteiger partial charge in [-0.15, -0.1) is 0 Å². The summed E-state index contributed by atoms with van der Waals surface area (Å²) >= 11 is 0. The molecule has 8 nitrogen and oxygen atoms in total. The SMILES string of the molecule is CC(=O)c1ccc(Nc2ncnc(NCCCn3ccnc3)c2N)cc1. The first-order valence-electron chi connectivity index (χ1n) is 8.31. The largest absolute Gasteiger partial charge is 0.393 e. The molecule has 0 unspecified atom stereocenters. The number of ketones is 1. The minimum absolute atomic E-state index is 0.0280. The zero-order valence-corrected chi connectivity index (χ0v) is 14.5. The predicted octanol–water partition coefficient (Wildman–Crippen LogP) is 2.70. The van der Waals surface area contributed by atoms with E-state index in [9.17, 15) is 4.79 Å². The molecule has 134 valence electrons. The number of Topliss-reactive ketones (excluding diaryl/α,β-unsaturated/α-hetero) is 1. The number of aromatic nitrogens is 4. The summed E-state index contributed by atoms with van der Waals surface area (Å²) in [5.41, 5.74) is 8.07. The Labute approximate surface area is 151 Å². The molecule has 8 heteroatoms. The molecule has 0 spiro atoms. The van der Waals surface area contributed by atoms with Crippen molar-refractivity contribution in [2.24, 2.45) is 0 Å². The van der Waals surface area contributed by atoms with Crippen molar-refractivity contribution in [1.82, 2.24) is 19.5 Å². The van der Waals surface area contributed by atoms with Crippen LogP contribution < -0.4 is 16.4 Å². The number of nitrogens with one attached hydrogen (secondary N) is 2. The van der Waals surface area contributed by atoms with E-state index in [0.29, 0.717) is 22.9 Å². The molecule has 0 aliphatic carbocycles. The number of aryl methyl sites for hydroxylation is 1. The lowest BCUT2D eigenvalue weighted by Gasteiger charge is -2.13. The van der Waals surface area contributed by atoms with E-state index < -0.39 is 0 Å². The van der Waals surface area contributed by atoms with Crippen LogP contribution in [0.3, 0.4) is 0 Å². The summed E-state index contributed by atoms with van der Waals surface area (Å²) in [5.74, 6) is 1.14. The maximum atomic E-state index is 11.3. The maximum Gasteiger partial charge on any atom is 0.159 e. The van der Waals surface area contributed by atoms with Crippen LogP contribution in [0.15, 0.2) is 49.3 Å². The molecule has 2 aromatic heterocycles. The molecule has 1 aromatic carbocycles. The van der Waals surface area contributed by atoms with Gasteiger partial charge in [-0.25, -0.2) is 15.0 Å². The lowest BCUT2D eigenvalue weighted by atomic mass is 10.1. The lowest BCUT2D eigenvalue weighted by Crippen LogP contribution is -2.10. The Morgan fingerprint density at radius 3 is 2.65 bits per heavy atom. The van der Waals surface area contributed by atoms with Crippen molar-refractivity contribution in [2.45, 2.75) is 19.9 Å². The molecule has 0 aliphatic heterocycles. The first kappa shape index (κ1) is 17.4. The number of rotatable bonds is 8. The minimum atomic E-state index is 0.0280. The summed E-state index contributed by atoms with van der Waals surface area (Å²) in [4.78, 5) is 23.7. The number of carbonyl (C=O) groups is 1. The van der Waals surface area contributed by atoms with Gasteiger partial charge in [0, 0.05) is 36.7 Å². The molecule has 3 rings (SSSR count). The Morgan fingerprint density at radius 1 is 1.19 bits per heavy atom. The van der Waals surface area contributed by atoms with Gasteiger partial charge in [-0.3, -0.25) is 4.79 Å². The van der Waals surface area contributed by atoms with Gasteiger partial charge in [0.1, 0.15) is 12.0 Å². The Balaban J connectivity index is 1.60. The third-order valence-corrected chi connectivity index (χ3v) is 3.88. The lowest BCUT2D eigenvalue weighted by molar-refractivity contribution is 0.101. The molecular formula is C18H21N7O. The second kappa shape index (κ2) is 8.11. The van der Waals surface area contributed by atoms with E-state index in [0.717, 1.165) is 25.2 Å². The van der Waals surface area contributed by atoms with Gasteiger partial charge in [-0.2, -0.15) is 0 Å². The number of nitrogen functional groups attached to an aromatic ring is 1. The highest BCUT2D eigenvalue weighted by atomic mass is 16.1. The first-order chi connectivity index (χ1) is 12.6. The average molecular weight is 351 g/mol. The number of nitrogens with zero attached hydrogens (tertiary/aromatic N) is 4. The average Bonchev–Trinajstić information content (AvgIpc) is 3.15. The van der Waals surface area contributed by atoms with Gasteiger partial charge in [-0.05, 0) is 37.6 Å². The molecule has 0 atom stereocenters. The van der Waals surface area contributed by atoms with Crippen molar-refractivity contribution in [2.75, 3.05) is 22.9 Å². The van der Waals surface area contributed by atoms with Gasteiger partial charge in [0.15, 0.2) is 17.4 Å². The molecule has 0 aliphatic rings. The molecule has 0 saturated carbocycles. The van der Waals surface area contributed by atoms with Crippen LogP contribution >= 0.6 is 0 Å². The molecule has 0 amide bonds. The van der Waals surface area contributed by atoms with Crippen LogP contribution in [-0.2, 0) is 6.54 Å². The number of anilines is 4. The molecule has 0 fully saturated rings. The first-order valence-corrected chi connectivity index (χ1v) is 8.31. The van der Waals surface area contributed by atoms with E-state index in [4.69, 9.17) is 5.73 Å². The number of imidazole rings is 1. The van der Waals surface area contributed by atoms with Gasteiger partial charge in [-0.1, -0.05) is 0 Å². The number of benzene rings is 1. The summed E-state index contributed by atoms with van der Waals surface area (Å²) in [6.45, 7) is 3.13. The Morgan fingerprint density at radius 2 is 1.96 bits per heavy atom. The van der Waals surface area contributed by atoms with Crippen molar-refractivity contribution < 1.29 is 4.79 Å². The minimum Gasteiger partial charge on any atom is -0.393 e. The predicted molar refractivity (Wildman–Crippen MR) is 102 cm³/mol. The van der Waals surface area contributed by atoms with Crippen LogP contribution in [0, 0.1) is 0 Å². The van der Waals surface area contributed by atoms with Crippen LogP contribution in [0.5, 0.6) is 0 Å². The normalized spacial score (nSPS) is 10.5. The van der Waals surface area contributed by atoms with Crippen LogP contribution in [0.2, 0.25) is 0 Å². The van der Waals surface area contributed by atoms with Gasteiger partial charge < -0.3 is 20.9 Å². The van der Waals surface area contributed by atoms with Crippen molar-refractivity contribution in [3.8, 4) is 0 Å². The zero-order chi connectivity index (χ0) is 18.4. The fourth-order valence-corrected chi connectivity index (χ4v) is 2.45. The smallest absolute Gasteiger partial charge is 0.159 e. The number of hydrogen-bond donors (Lipinski definition) is 3. The van der Waals surface area contributed by atoms with Crippen LogP contribution in [0.1, 0.15) is 23.7 Å². The van der Waals surface area contributed by atoms with Gasteiger partial charge in [0.2, 0.25) is 0 Å². The molecule has 0 bridgehead atoms. The second-order valence-corrected chi connectivity index (χ2v) is 5.82. The van der Waals surface area contributed by atoms with Gasteiger partial charge in [0.05, 0.1) is 6.33 Å². The monoisotopic (exact) mass is 351 g/mol. The van der Waals surface area contributed by atoms with Crippen molar-refractivity contribution >= 4 is 28.8 Å².